The van der Waals surface area contributed by atoms with E-state index in [0.29, 0.717) is 34.4 Å². The van der Waals surface area contributed by atoms with Gasteiger partial charge in [0.2, 0.25) is 0 Å². The van der Waals surface area contributed by atoms with Gasteiger partial charge in [0.05, 0.1) is 20.4 Å². The normalized spacial score (nSPS) is 10.6. The van der Waals surface area contributed by atoms with Gasteiger partial charge in [0.1, 0.15) is 12.4 Å². The molecule has 6 nitrogen and oxygen atoms in total. The third-order valence-corrected chi connectivity index (χ3v) is 4.48. The van der Waals surface area contributed by atoms with Crippen LogP contribution in [-0.2, 0) is 6.61 Å². The summed E-state index contributed by atoms with van der Waals surface area (Å²) in [5.74, 6) is 1.53. The molecule has 7 heteroatoms. The number of benzene rings is 3. The number of rotatable bonds is 8. The van der Waals surface area contributed by atoms with E-state index in [9.17, 15) is 4.79 Å². The van der Waals surface area contributed by atoms with Crippen LogP contribution in [0.1, 0.15) is 21.5 Å². The maximum atomic E-state index is 12.2. The monoisotopic (exact) mass is 424 g/mol. The van der Waals surface area contributed by atoms with Crippen LogP contribution in [0, 0.1) is 0 Å². The topological polar surface area (TPSA) is 69.2 Å². The van der Waals surface area contributed by atoms with Gasteiger partial charge in [0, 0.05) is 10.6 Å². The predicted molar refractivity (Wildman–Crippen MR) is 117 cm³/mol. The number of methoxy groups -OCH3 is 2. The Bertz CT molecular complexity index is 1020. The van der Waals surface area contributed by atoms with Crippen molar-refractivity contribution in [1.82, 2.24) is 5.43 Å². The molecular weight excluding hydrogens is 404 g/mol. The van der Waals surface area contributed by atoms with E-state index in [2.05, 4.69) is 10.5 Å². The van der Waals surface area contributed by atoms with Crippen molar-refractivity contribution in [2.24, 2.45) is 5.10 Å². The fourth-order valence-corrected chi connectivity index (χ4v) is 2.73. The Balaban J connectivity index is 1.64. The molecule has 0 bridgehead atoms. The largest absolute Gasteiger partial charge is 0.497 e. The molecule has 0 aliphatic carbocycles. The maximum Gasteiger partial charge on any atom is 0.271 e. The molecule has 0 spiro atoms. The highest BCUT2D eigenvalue weighted by molar-refractivity contribution is 6.30. The van der Waals surface area contributed by atoms with Crippen molar-refractivity contribution in [1.29, 1.82) is 0 Å². The average Bonchev–Trinajstić information content (AvgIpc) is 2.78. The number of hydrogen-bond acceptors (Lipinski definition) is 5. The van der Waals surface area contributed by atoms with E-state index >= 15 is 0 Å². The number of nitrogens with one attached hydrogen (secondary N) is 1. The highest BCUT2D eigenvalue weighted by Crippen LogP contribution is 2.28. The quantitative estimate of drug-likeness (QED) is 0.420. The molecule has 0 unspecified atom stereocenters. The number of nitrogens with zero attached hydrogens (tertiary/aromatic N) is 1. The highest BCUT2D eigenvalue weighted by atomic mass is 35.5. The van der Waals surface area contributed by atoms with Crippen LogP contribution in [0.3, 0.4) is 0 Å². The van der Waals surface area contributed by atoms with Crippen LogP contribution in [0.25, 0.3) is 0 Å². The third kappa shape index (κ3) is 5.75. The smallest absolute Gasteiger partial charge is 0.271 e. The molecule has 0 saturated heterocycles. The first kappa shape index (κ1) is 21.2. The van der Waals surface area contributed by atoms with E-state index in [1.165, 1.54) is 6.21 Å². The fraction of sp³-hybridized carbons (Fsp3) is 0.130. The molecule has 1 amide bonds. The van der Waals surface area contributed by atoms with E-state index in [1.54, 1.807) is 50.6 Å². The molecule has 154 valence electrons. The van der Waals surface area contributed by atoms with Crippen LogP contribution in [0.2, 0.25) is 5.02 Å². The summed E-state index contributed by atoms with van der Waals surface area (Å²) in [6.07, 6.45) is 1.54. The number of amides is 1. The van der Waals surface area contributed by atoms with Gasteiger partial charge in [0.25, 0.3) is 5.91 Å². The van der Waals surface area contributed by atoms with E-state index in [-0.39, 0.29) is 5.91 Å². The first-order valence-electron chi connectivity index (χ1n) is 9.12. The molecule has 0 heterocycles. The fourth-order valence-electron chi connectivity index (χ4n) is 2.60. The van der Waals surface area contributed by atoms with Gasteiger partial charge in [-0.3, -0.25) is 4.79 Å². The summed E-state index contributed by atoms with van der Waals surface area (Å²) in [5.41, 5.74) is 4.71. The van der Waals surface area contributed by atoms with Gasteiger partial charge in [-0.2, -0.15) is 5.10 Å². The van der Waals surface area contributed by atoms with Crippen molar-refractivity contribution in [3.63, 3.8) is 0 Å². The first-order valence-corrected chi connectivity index (χ1v) is 9.49. The van der Waals surface area contributed by atoms with Gasteiger partial charge < -0.3 is 14.2 Å². The van der Waals surface area contributed by atoms with Crippen molar-refractivity contribution >= 4 is 23.7 Å². The van der Waals surface area contributed by atoms with Crippen molar-refractivity contribution in [3.8, 4) is 17.2 Å². The van der Waals surface area contributed by atoms with Gasteiger partial charge in [0.15, 0.2) is 11.5 Å². The lowest BCUT2D eigenvalue weighted by Crippen LogP contribution is -2.17. The van der Waals surface area contributed by atoms with Crippen LogP contribution in [0.5, 0.6) is 17.2 Å². The SMILES string of the molecule is COc1ccc(C(=O)NN=Cc2ccc(OC)c(OCc3ccc(Cl)cc3)c2)cc1. The summed E-state index contributed by atoms with van der Waals surface area (Å²) in [4.78, 5) is 12.2. The zero-order valence-electron chi connectivity index (χ0n) is 16.6. The first-order chi connectivity index (χ1) is 14.6. The lowest BCUT2D eigenvalue weighted by atomic mass is 10.2. The standard InChI is InChI=1S/C23H21ClN2O4/c1-28-20-10-6-18(7-11-20)23(27)26-25-14-17-5-12-21(29-2)22(13-17)30-15-16-3-8-19(24)9-4-16/h3-14H,15H2,1-2H3,(H,26,27). The number of ether oxygens (including phenoxy) is 3. The minimum Gasteiger partial charge on any atom is -0.497 e. The van der Waals surface area contributed by atoms with Crippen LogP contribution in [-0.4, -0.2) is 26.3 Å². The highest BCUT2D eigenvalue weighted by Gasteiger charge is 2.07. The molecule has 3 rings (SSSR count). The van der Waals surface area contributed by atoms with Gasteiger partial charge in [-0.25, -0.2) is 5.43 Å². The van der Waals surface area contributed by atoms with Gasteiger partial charge >= 0.3 is 0 Å². The lowest BCUT2D eigenvalue weighted by Gasteiger charge is -2.11. The molecule has 0 atom stereocenters. The van der Waals surface area contributed by atoms with Crippen LogP contribution in [0.4, 0.5) is 0 Å². The van der Waals surface area contributed by atoms with Crippen LogP contribution < -0.4 is 19.6 Å². The Morgan fingerprint density at radius 1 is 0.967 bits per heavy atom. The van der Waals surface area contributed by atoms with E-state index < -0.39 is 0 Å². The zero-order valence-corrected chi connectivity index (χ0v) is 17.3. The second-order valence-electron chi connectivity index (χ2n) is 6.25. The Labute approximate surface area is 180 Å². The summed E-state index contributed by atoms with van der Waals surface area (Å²) in [7, 11) is 3.15. The van der Waals surface area contributed by atoms with Crippen LogP contribution >= 0.6 is 11.6 Å². The molecule has 3 aromatic carbocycles. The van der Waals surface area contributed by atoms with Crippen LogP contribution in [0.15, 0.2) is 71.8 Å². The van der Waals surface area contributed by atoms with Gasteiger partial charge in [-0.05, 0) is 65.7 Å². The molecule has 30 heavy (non-hydrogen) atoms. The van der Waals surface area contributed by atoms with Crippen molar-refractivity contribution < 1.29 is 19.0 Å². The molecular formula is C23H21ClN2O4. The number of hydrogen-bond donors (Lipinski definition) is 1. The molecule has 0 aliphatic heterocycles. The molecule has 1 N–H and O–H groups in total. The van der Waals surface area contributed by atoms with E-state index in [4.69, 9.17) is 25.8 Å². The summed E-state index contributed by atoms with van der Waals surface area (Å²) < 4.78 is 16.3. The summed E-state index contributed by atoms with van der Waals surface area (Å²) in [6, 6.07) is 19.6. The summed E-state index contributed by atoms with van der Waals surface area (Å²) in [5, 5.41) is 4.69. The molecule has 0 radical (unpaired) electrons. The number of hydrazone groups is 1. The molecule has 3 aromatic rings. The second-order valence-corrected chi connectivity index (χ2v) is 6.69. The molecule has 0 aliphatic rings. The lowest BCUT2D eigenvalue weighted by molar-refractivity contribution is 0.0955. The van der Waals surface area contributed by atoms with E-state index in [0.717, 1.165) is 11.1 Å². The maximum absolute atomic E-state index is 12.2. The van der Waals surface area contributed by atoms with Gasteiger partial charge in [-0.15, -0.1) is 0 Å². The Kier molecular flexibility index (Phi) is 7.29. The third-order valence-electron chi connectivity index (χ3n) is 4.23. The van der Waals surface area contributed by atoms with Crippen molar-refractivity contribution in [2.45, 2.75) is 6.61 Å². The molecule has 0 saturated carbocycles. The molecule has 0 aromatic heterocycles. The zero-order chi connectivity index (χ0) is 21.3. The minimum absolute atomic E-state index is 0.318. The van der Waals surface area contributed by atoms with E-state index in [1.807, 2.05) is 30.3 Å². The van der Waals surface area contributed by atoms with Crippen molar-refractivity contribution in [2.75, 3.05) is 14.2 Å². The Hall–Kier alpha value is -3.51. The second kappa shape index (κ2) is 10.3. The predicted octanol–water partition coefficient (Wildman–Crippen LogP) is 4.70. The number of carbonyl (C=O) groups is 1. The Morgan fingerprint density at radius 3 is 2.37 bits per heavy atom. The summed E-state index contributed by atoms with van der Waals surface area (Å²) in [6.45, 7) is 0.363. The average molecular weight is 425 g/mol. The Morgan fingerprint density at radius 2 is 1.70 bits per heavy atom. The number of halogens is 1. The van der Waals surface area contributed by atoms with Gasteiger partial charge in [-0.1, -0.05) is 23.7 Å². The number of carbonyl (C=O) groups excluding carboxylic acids is 1. The molecule has 0 fully saturated rings. The van der Waals surface area contributed by atoms with Crippen molar-refractivity contribution in [3.05, 3.63) is 88.4 Å². The summed E-state index contributed by atoms with van der Waals surface area (Å²) >= 11 is 5.91. The minimum atomic E-state index is -0.318.